The van der Waals surface area contributed by atoms with Gasteiger partial charge in [0.2, 0.25) is 0 Å². The topological polar surface area (TPSA) is 68.2 Å². The van der Waals surface area contributed by atoms with E-state index in [1.807, 2.05) is 4.57 Å². The summed E-state index contributed by atoms with van der Waals surface area (Å²) >= 11 is 0. The highest BCUT2D eigenvalue weighted by atomic mass is 16.2. The van der Waals surface area contributed by atoms with E-state index in [0.29, 0.717) is 5.92 Å². The molecule has 27 heavy (non-hydrogen) atoms. The molecule has 0 spiro atoms. The number of nitrogens with zero attached hydrogens (tertiary/aromatic N) is 1. The molecule has 0 radical (unpaired) electrons. The van der Waals surface area contributed by atoms with Crippen LogP contribution in [0.1, 0.15) is 80.4 Å². The summed E-state index contributed by atoms with van der Waals surface area (Å²) in [7, 11) is 1.45. The predicted molar refractivity (Wildman–Crippen MR) is 109 cm³/mol. The molecule has 1 saturated carbocycles. The van der Waals surface area contributed by atoms with Crippen molar-refractivity contribution in [2.45, 2.75) is 83.7 Å². The molecule has 0 aromatic carbocycles. The van der Waals surface area contributed by atoms with Gasteiger partial charge in [-0.25, -0.2) is 0 Å². The standard InChI is InChI=1S/C21H31BN2O3/c1-21(2,20(22)27)23-18(25)16-12-15-10-6-7-11-17(15)24(19(16)26)13-14-8-4-3-5-9-14/h12,14H,3-11,13,22H2,1-2H3,(H,23,25). The maximum Gasteiger partial charge on any atom is 0.263 e. The van der Waals surface area contributed by atoms with Gasteiger partial charge in [0.1, 0.15) is 11.2 Å². The molecule has 146 valence electrons. The zero-order chi connectivity index (χ0) is 19.6. The lowest BCUT2D eigenvalue weighted by molar-refractivity contribution is -0.116. The zero-order valence-electron chi connectivity index (χ0n) is 16.9. The second kappa shape index (κ2) is 8.03. The number of aromatic nitrogens is 1. The molecule has 2 aliphatic carbocycles. The summed E-state index contributed by atoms with van der Waals surface area (Å²) in [6.07, 6.45) is 10.1. The van der Waals surface area contributed by atoms with Crippen LogP contribution in [0.4, 0.5) is 0 Å². The monoisotopic (exact) mass is 370 g/mol. The van der Waals surface area contributed by atoms with Crippen molar-refractivity contribution >= 4 is 19.4 Å². The summed E-state index contributed by atoms with van der Waals surface area (Å²) < 4.78 is 1.89. The number of hydrogen-bond donors (Lipinski definition) is 1. The molecule has 1 N–H and O–H groups in total. The number of amides is 1. The minimum Gasteiger partial charge on any atom is -0.341 e. The van der Waals surface area contributed by atoms with Crippen molar-refractivity contribution < 1.29 is 9.59 Å². The first kappa shape index (κ1) is 19.9. The molecule has 1 aromatic heterocycles. The first-order chi connectivity index (χ1) is 12.8. The molecular weight excluding hydrogens is 339 g/mol. The number of aryl methyl sites for hydroxylation is 1. The molecule has 1 aromatic rings. The summed E-state index contributed by atoms with van der Waals surface area (Å²) in [6, 6.07) is 1.78. The first-order valence-corrected chi connectivity index (χ1v) is 10.4. The second-order valence-corrected chi connectivity index (χ2v) is 8.79. The third-order valence-corrected chi connectivity index (χ3v) is 6.32. The summed E-state index contributed by atoms with van der Waals surface area (Å²) in [5.41, 5.74) is 1.13. The van der Waals surface area contributed by atoms with Crippen LogP contribution in [-0.2, 0) is 24.2 Å². The SMILES string of the molecule is BC(=O)C(C)(C)NC(=O)c1cc2c(n(CC3CCCCC3)c1=O)CCCC2. The van der Waals surface area contributed by atoms with Crippen LogP contribution in [0.5, 0.6) is 0 Å². The lowest BCUT2D eigenvalue weighted by atomic mass is 9.84. The molecule has 0 aliphatic heterocycles. The van der Waals surface area contributed by atoms with Crippen molar-refractivity contribution in [3.63, 3.8) is 0 Å². The van der Waals surface area contributed by atoms with Gasteiger partial charge in [-0.15, -0.1) is 0 Å². The molecule has 0 bridgehead atoms. The van der Waals surface area contributed by atoms with E-state index in [9.17, 15) is 14.4 Å². The fraction of sp³-hybridized carbons (Fsp3) is 0.667. The molecule has 2 aliphatic rings. The van der Waals surface area contributed by atoms with Gasteiger partial charge in [0, 0.05) is 12.2 Å². The smallest absolute Gasteiger partial charge is 0.263 e. The highest BCUT2D eigenvalue weighted by Gasteiger charge is 2.29. The van der Waals surface area contributed by atoms with Crippen LogP contribution in [0.15, 0.2) is 10.9 Å². The molecule has 3 rings (SSSR count). The van der Waals surface area contributed by atoms with Crippen LogP contribution in [0.25, 0.3) is 0 Å². The van der Waals surface area contributed by atoms with Gasteiger partial charge in [0.25, 0.3) is 11.5 Å². The van der Waals surface area contributed by atoms with Gasteiger partial charge >= 0.3 is 0 Å². The number of nitrogens with one attached hydrogen (secondary N) is 1. The van der Waals surface area contributed by atoms with Crippen LogP contribution in [-0.4, -0.2) is 29.5 Å². The summed E-state index contributed by atoms with van der Waals surface area (Å²) in [5.74, 6) is 0.0837. The van der Waals surface area contributed by atoms with Gasteiger partial charge in [0.15, 0.2) is 7.85 Å². The molecule has 1 amide bonds. The largest absolute Gasteiger partial charge is 0.341 e. The van der Waals surface area contributed by atoms with E-state index in [-0.39, 0.29) is 16.8 Å². The molecule has 0 atom stereocenters. The summed E-state index contributed by atoms with van der Waals surface area (Å²) in [5, 5.41) is 2.75. The number of pyridine rings is 1. The Morgan fingerprint density at radius 1 is 1.15 bits per heavy atom. The Balaban J connectivity index is 1.97. The molecule has 0 saturated heterocycles. The lowest BCUT2D eigenvalue weighted by Crippen LogP contribution is -2.51. The van der Waals surface area contributed by atoms with E-state index in [0.717, 1.165) is 56.3 Å². The Hall–Kier alpha value is -1.85. The van der Waals surface area contributed by atoms with Crippen molar-refractivity contribution in [2.75, 3.05) is 0 Å². The van der Waals surface area contributed by atoms with Crippen LogP contribution >= 0.6 is 0 Å². The average Bonchev–Trinajstić information content (AvgIpc) is 2.64. The van der Waals surface area contributed by atoms with Gasteiger partial charge in [-0.2, -0.15) is 0 Å². The van der Waals surface area contributed by atoms with Gasteiger partial charge in [-0.1, -0.05) is 19.3 Å². The summed E-state index contributed by atoms with van der Waals surface area (Å²) in [6.45, 7) is 4.07. The van der Waals surface area contributed by atoms with E-state index >= 15 is 0 Å². The molecule has 1 fully saturated rings. The Morgan fingerprint density at radius 3 is 2.48 bits per heavy atom. The normalized spacial score (nSPS) is 18.0. The summed E-state index contributed by atoms with van der Waals surface area (Å²) in [4.78, 5) is 37.8. The molecule has 0 unspecified atom stereocenters. The van der Waals surface area contributed by atoms with Crippen molar-refractivity contribution in [1.82, 2.24) is 9.88 Å². The lowest BCUT2D eigenvalue weighted by Gasteiger charge is -2.28. The number of fused-ring (bicyclic) bond motifs is 1. The Kier molecular flexibility index (Phi) is 5.92. The third-order valence-electron chi connectivity index (χ3n) is 6.32. The average molecular weight is 370 g/mol. The highest BCUT2D eigenvalue weighted by molar-refractivity contribution is 6.60. The van der Waals surface area contributed by atoms with Crippen molar-refractivity contribution in [1.29, 1.82) is 0 Å². The Morgan fingerprint density at radius 2 is 1.81 bits per heavy atom. The first-order valence-electron chi connectivity index (χ1n) is 10.4. The van der Waals surface area contributed by atoms with Crippen molar-refractivity contribution in [3.8, 4) is 0 Å². The van der Waals surface area contributed by atoms with Gasteiger partial charge in [-0.3, -0.25) is 9.59 Å². The molecule has 5 nitrogen and oxygen atoms in total. The van der Waals surface area contributed by atoms with Gasteiger partial charge in [0.05, 0.1) is 5.54 Å². The maximum absolute atomic E-state index is 13.2. The number of carbonyl (C=O) groups excluding carboxylic acids is 2. The fourth-order valence-corrected chi connectivity index (χ4v) is 4.30. The van der Waals surface area contributed by atoms with Crippen molar-refractivity contribution in [3.05, 3.63) is 33.2 Å². The second-order valence-electron chi connectivity index (χ2n) is 8.79. The maximum atomic E-state index is 13.2. The van der Waals surface area contributed by atoms with E-state index < -0.39 is 11.4 Å². The van der Waals surface area contributed by atoms with Gasteiger partial charge < -0.3 is 14.7 Å². The zero-order valence-corrected chi connectivity index (χ0v) is 16.9. The Bertz CT molecular complexity index is 791. The number of carbonyl (C=O) groups is 2. The van der Waals surface area contributed by atoms with E-state index in [1.54, 1.807) is 19.9 Å². The minimum atomic E-state index is -0.979. The third kappa shape index (κ3) is 4.36. The Labute approximate surface area is 162 Å². The van der Waals surface area contributed by atoms with E-state index in [2.05, 4.69) is 5.32 Å². The quantitative estimate of drug-likeness (QED) is 0.806. The molecular formula is C21H31BN2O3. The number of rotatable bonds is 5. The van der Waals surface area contributed by atoms with Crippen molar-refractivity contribution in [2.24, 2.45) is 5.92 Å². The molecule has 1 heterocycles. The van der Waals surface area contributed by atoms with Gasteiger partial charge in [-0.05, 0) is 69.9 Å². The molecule has 6 heteroatoms. The number of hydrogen-bond acceptors (Lipinski definition) is 3. The van der Waals surface area contributed by atoms with Crippen LogP contribution in [0.3, 0.4) is 0 Å². The minimum absolute atomic E-state index is 0.128. The predicted octanol–water partition coefficient (Wildman–Crippen LogP) is 1.98. The van der Waals surface area contributed by atoms with Crippen LogP contribution in [0, 0.1) is 5.92 Å². The van der Waals surface area contributed by atoms with E-state index in [4.69, 9.17) is 0 Å². The van der Waals surface area contributed by atoms with Crippen LogP contribution in [0.2, 0.25) is 0 Å². The van der Waals surface area contributed by atoms with E-state index in [1.165, 1.54) is 27.1 Å². The fourth-order valence-electron chi connectivity index (χ4n) is 4.30. The highest BCUT2D eigenvalue weighted by Crippen LogP contribution is 2.27. The van der Waals surface area contributed by atoms with Crippen LogP contribution < -0.4 is 10.9 Å².